The van der Waals surface area contributed by atoms with Crippen molar-refractivity contribution in [2.75, 3.05) is 37.0 Å². The molecule has 1 unspecified atom stereocenters. The van der Waals surface area contributed by atoms with E-state index in [1.54, 1.807) is 0 Å². The highest BCUT2D eigenvalue weighted by Crippen LogP contribution is 2.31. The van der Waals surface area contributed by atoms with Crippen LogP contribution in [0.4, 0.5) is 11.8 Å². The lowest BCUT2D eigenvalue weighted by molar-refractivity contribution is 0.170. The first kappa shape index (κ1) is 19.3. The van der Waals surface area contributed by atoms with Gasteiger partial charge in [0, 0.05) is 42.3 Å². The summed E-state index contributed by atoms with van der Waals surface area (Å²) < 4.78 is 5.53. The number of nitrogens with one attached hydrogen (secondary N) is 3. The molecule has 2 aliphatic heterocycles. The van der Waals surface area contributed by atoms with Crippen LogP contribution in [0.25, 0.3) is 0 Å². The second-order valence-electron chi connectivity index (χ2n) is 8.85. The van der Waals surface area contributed by atoms with Gasteiger partial charge in [-0.25, -0.2) is 4.98 Å². The molecule has 3 heterocycles. The normalized spacial score (nSPS) is 25.2. The second kappa shape index (κ2) is 7.66. The van der Waals surface area contributed by atoms with Crippen LogP contribution in [0.5, 0.6) is 0 Å². The summed E-state index contributed by atoms with van der Waals surface area (Å²) in [6.45, 7) is 11.0. The molecule has 3 rings (SSSR count). The number of aliphatic hydroxyl groups is 1. The zero-order valence-corrected chi connectivity index (χ0v) is 16.4. The quantitative estimate of drug-likeness (QED) is 0.615. The standard InChI is InChI=1S/C19H33N5O2/c1-18(2)10-14(11-19(3,4)24-18)21-16-9-15(13-5-8-26-12-13)22-17(23-16)20-6-7-25/h9,13-14,24-25H,5-8,10-12H2,1-4H3,(H2,20,21,22,23). The first-order valence-corrected chi connectivity index (χ1v) is 9.64. The molecule has 2 saturated heterocycles. The van der Waals surface area contributed by atoms with E-state index in [9.17, 15) is 0 Å². The minimum absolute atomic E-state index is 0.0551. The average Bonchev–Trinajstić information content (AvgIpc) is 3.04. The fourth-order valence-electron chi connectivity index (χ4n) is 4.40. The Balaban J connectivity index is 1.80. The van der Waals surface area contributed by atoms with Crippen molar-refractivity contribution in [3.05, 3.63) is 11.8 Å². The van der Waals surface area contributed by atoms with Crippen molar-refractivity contribution in [3.8, 4) is 0 Å². The van der Waals surface area contributed by atoms with Gasteiger partial charge in [0.2, 0.25) is 5.95 Å². The molecule has 2 aliphatic rings. The van der Waals surface area contributed by atoms with Gasteiger partial charge in [0.25, 0.3) is 0 Å². The van der Waals surface area contributed by atoms with Crippen molar-refractivity contribution >= 4 is 11.8 Å². The van der Waals surface area contributed by atoms with Crippen molar-refractivity contribution in [2.24, 2.45) is 0 Å². The van der Waals surface area contributed by atoms with E-state index in [0.717, 1.165) is 37.4 Å². The molecular formula is C19H33N5O2. The Morgan fingerprint density at radius 2 is 1.96 bits per heavy atom. The molecule has 0 radical (unpaired) electrons. The molecule has 26 heavy (non-hydrogen) atoms. The number of hydrogen-bond donors (Lipinski definition) is 4. The molecule has 4 N–H and O–H groups in total. The summed E-state index contributed by atoms with van der Waals surface area (Å²) in [5, 5.41) is 19.5. The van der Waals surface area contributed by atoms with Gasteiger partial charge in [-0.3, -0.25) is 0 Å². The molecule has 2 fully saturated rings. The highest BCUT2D eigenvalue weighted by atomic mass is 16.5. The third-order valence-corrected chi connectivity index (χ3v) is 5.03. The van der Waals surface area contributed by atoms with E-state index in [1.165, 1.54) is 0 Å². The summed E-state index contributed by atoms with van der Waals surface area (Å²) in [7, 11) is 0. The van der Waals surface area contributed by atoms with Gasteiger partial charge in [0.1, 0.15) is 5.82 Å². The highest BCUT2D eigenvalue weighted by molar-refractivity contribution is 5.44. The van der Waals surface area contributed by atoms with Gasteiger partial charge in [-0.15, -0.1) is 0 Å². The van der Waals surface area contributed by atoms with Crippen LogP contribution in [-0.4, -0.2) is 58.6 Å². The van der Waals surface area contributed by atoms with Crippen molar-refractivity contribution in [3.63, 3.8) is 0 Å². The van der Waals surface area contributed by atoms with Crippen LogP contribution in [0.2, 0.25) is 0 Å². The molecule has 7 nitrogen and oxygen atoms in total. The highest BCUT2D eigenvalue weighted by Gasteiger charge is 2.37. The fraction of sp³-hybridized carbons (Fsp3) is 0.789. The lowest BCUT2D eigenvalue weighted by Crippen LogP contribution is -2.60. The third kappa shape index (κ3) is 5.05. The number of hydrogen-bond acceptors (Lipinski definition) is 7. The fourth-order valence-corrected chi connectivity index (χ4v) is 4.40. The third-order valence-electron chi connectivity index (χ3n) is 5.03. The summed E-state index contributed by atoms with van der Waals surface area (Å²) in [6, 6.07) is 2.40. The first-order valence-electron chi connectivity index (χ1n) is 9.64. The zero-order valence-electron chi connectivity index (χ0n) is 16.4. The molecule has 146 valence electrons. The molecule has 0 aliphatic carbocycles. The lowest BCUT2D eigenvalue weighted by atomic mass is 9.79. The summed E-state index contributed by atoms with van der Waals surface area (Å²) >= 11 is 0. The maximum Gasteiger partial charge on any atom is 0.224 e. The molecule has 1 aromatic rings. The minimum Gasteiger partial charge on any atom is -0.395 e. The number of aromatic nitrogens is 2. The topological polar surface area (TPSA) is 91.3 Å². The van der Waals surface area contributed by atoms with E-state index in [2.05, 4.69) is 59.7 Å². The molecule has 0 amide bonds. The lowest BCUT2D eigenvalue weighted by Gasteiger charge is -2.46. The van der Waals surface area contributed by atoms with E-state index in [0.29, 0.717) is 31.1 Å². The van der Waals surface area contributed by atoms with E-state index >= 15 is 0 Å². The number of anilines is 2. The van der Waals surface area contributed by atoms with Gasteiger partial charge in [0.15, 0.2) is 0 Å². The Morgan fingerprint density at radius 3 is 2.58 bits per heavy atom. The Morgan fingerprint density at radius 1 is 1.23 bits per heavy atom. The number of nitrogens with zero attached hydrogens (tertiary/aromatic N) is 2. The molecule has 0 saturated carbocycles. The molecule has 0 bridgehead atoms. The Kier molecular flexibility index (Phi) is 5.69. The largest absolute Gasteiger partial charge is 0.395 e. The molecular weight excluding hydrogens is 330 g/mol. The van der Waals surface area contributed by atoms with Crippen LogP contribution >= 0.6 is 0 Å². The Hall–Kier alpha value is -1.44. The summed E-state index contributed by atoms with van der Waals surface area (Å²) in [6.07, 6.45) is 3.05. The SMILES string of the molecule is CC1(C)CC(Nc2cc(C3CCOC3)nc(NCCO)n2)CC(C)(C)N1. The van der Waals surface area contributed by atoms with Gasteiger partial charge in [-0.05, 0) is 47.0 Å². The maximum atomic E-state index is 9.09. The number of piperidine rings is 1. The second-order valence-corrected chi connectivity index (χ2v) is 8.85. The van der Waals surface area contributed by atoms with Crippen LogP contribution in [0, 0.1) is 0 Å². The van der Waals surface area contributed by atoms with Crippen LogP contribution in [-0.2, 0) is 4.74 Å². The van der Waals surface area contributed by atoms with Crippen LogP contribution in [0.15, 0.2) is 6.07 Å². The van der Waals surface area contributed by atoms with E-state index in [1.807, 2.05) is 0 Å². The van der Waals surface area contributed by atoms with Crippen molar-refractivity contribution in [2.45, 2.75) is 70.0 Å². The van der Waals surface area contributed by atoms with Gasteiger partial charge < -0.3 is 25.8 Å². The molecule has 1 atom stereocenters. The van der Waals surface area contributed by atoms with E-state index in [-0.39, 0.29) is 17.7 Å². The molecule has 0 aromatic carbocycles. The summed E-state index contributed by atoms with van der Waals surface area (Å²) in [4.78, 5) is 9.26. The summed E-state index contributed by atoms with van der Waals surface area (Å²) in [5.74, 6) is 1.73. The molecule has 7 heteroatoms. The van der Waals surface area contributed by atoms with E-state index < -0.39 is 0 Å². The van der Waals surface area contributed by atoms with Gasteiger partial charge >= 0.3 is 0 Å². The Labute approximate surface area is 156 Å². The molecule has 0 spiro atoms. The van der Waals surface area contributed by atoms with Crippen LogP contribution < -0.4 is 16.0 Å². The summed E-state index contributed by atoms with van der Waals surface area (Å²) in [5.41, 5.74) is 1.16. The number of rotatable bonds is 6. The molecule has 1 aromatic heterocycles. The van der Waals surface area contributed by atoms with E-state index in [4.69, 9.17) is 9.84 Å². The predicted octanol–water partition coefficient (Wildman–Crippen LogP) is 2.11. The predicted molar refractivity (Wildman–Crippen MR) is 104 cm³/mol. The monoisotopic (exact) mass is 363 g/mol. The Bertz CT molecular complexity index is 598. The zero-order chi connectivity index (χ0) is 18.8. The number of aliphatic hydroxyl groups excluding tert-OH is 1. The maximum absolute atomic E-state index is 9.09. The van der Waals surface area contributed by atoms with Crippen LogP contribution in [0.1, 0.15) is 58.6 Å². The van der Waals surface area contributed by atoms with Crippen LogP contribution in [0.3, 0.4) is 0 Å². The van der Waals surface area contributed by atoms with Gasteiger partial charge in [0.05, 0.1) is 18.9 Å². The minimum atomic E-state index is 0.0551. The smallest absolute Gasteiger partial charge is 0.224 e. The van der Waals surface area contributed by atoms with Crippen molar-refractivity contribution < 1.29 is 9.84 Å². The van der Waals surface area contributed by atoms with Gasteiger partial charge in [-0.2, -0.15) is 4.98 Å². The van der Waals surface area contributed by atoms with Gasteiger partial charge in [-0.1, -0.05) is 0 Å². The number of ether oxygens (including phenoxy) is 1. The average molecular weight is 364 g/mol. The van der Waals surface area contributed by atoms with Crippen molar-refractivity contribution in [1.29, 1.82) is 0 Å². The first-order chi connectivity index (χ1) is 12.3. The van der Waals surface area contributed by atoms with Crippen molar-refractivity contribution in [1.82, 2.24) is 15.3 Å².